The Hall–Kier alpha value is -3.90. The summed E-state index contributed by atoms with van der Waals surface area (Å²) in [6.45, 7) is 3.17. The van der Waals surface area contributed by atoms with Gasteiger partial charge in [-0.15, -0.1) is 0 Å². The summed E-state index contributed by atoms with van der Waals surface area (Å²) in [5.41, 5.74) is 4.79. The number of ketones is 1. The van der Waals surface area contributed by atoms with E-state index in [2.05, 4.69) is 41.4 Å². The van der Waals surface area contributed by atoms with Crippen LogP contribution in [0.15, 0.2) is 79.0 Å². The second-order valence-electron chi connectivity index (χ2n) is 9.77. The maximum atomic E-state index is 13.6. The van der Waals surface area contributed by atoms with Crippen molar-refractivity contribution in [3.63, 3.8) is 0 Å². The third-order valence-corrected chi connectivity index (χ3v) is 6.93. The lowest BCUT2D eigenvalue weighted by Gasteiger charge is -2.23. The molecule has 0 aliphatic rings. The lowest BCUT2D eigenvalue weighted by molar-refractivity contribution is -0.119. The van der Waals surface area contributed by atoms with Crippen LogP contribution in [0.4, 0.5) is 5.69 Å². The van der Waals surface area contributed by atoms with Crippen LogP contribution in [-0.2, 0) is 4.79 Å². The van der Waals surface area contributed by atoms with Crippen LogP contribution in [-0.4, -0.2) is 41.5 Å². The highest BCUT2D eigenvalue weighted by Gasteiger charge is 2.18. The Morgan fingerprint density at radius 3 is 2.28 bits per heavy atom. The predicted molar refractivity (Wildman–Crippen MR) is 157 cm³/mol. The second-order valence-corrected chi connectivity index (χ2v) is 9.77. The summed E-state index contributed by atoms with van der Waals surface area (Å²) in [6.07, 6.45) is 7.07. The van der Waals surface area contributed by atoms with E-state index in [1.54, 1.807) is 0 Å². The quantitative estimate of drug-likeness (QED) is 0.161. The number of carbonyl (C=O) groups is 2. The van der Waals surface area contributed by atoms with Crippen LogP contribution in [0.2, 0.25) is 0 Å². The lowest BCUT2D eigenvalue weighted by atomic mass is 10.0. The van der Waals surface area contributed by atoms with E-state index in [9.17, 15) is 9.59 Å². The summed E-state index contributed by atoms with van der Waals surface area (Å²) in [6, 6.07) is 23.9. The number of hydrogen-bond donors (Lipinski definition) is 2. The molecule has 0 saturated heterocycles. The average Bonchev–Trinajstić information content (AvgIpc) is 3.44. The van der Waals surface area contributed by atoms with Gasteiger partial charge in [-0.1, -0.05) is 37.1 Å². The van der Waals surface area contributed by atoms with E-state index in [-0.39, 0.29) is 18.3 Å². The van der Waals surface area contributed by atoms with E-state index in [1.807, 2.05) is 54.4 Å². The van der Waals surface area contributed by atoms with Crippen LogP contribution in [0.1, 0.15) is 62.2 Å². The average molecular weight is 527 g/mol. The largest absolute Gasteiger partial charge is 0.494 e. The number of aliphatic hydroxyl groups excluding tert-OH is 1. The van der Waals surface area contributed by atoms with E-state index in [0.717, 1.165) is 53.8 Å². The Morgan fingerprint density at radius 2 is 1.54 bits per heavy atom. The number of nitrogens with one attached hydrogen (secondary N) is 1. The zero-order valence-electron chi connectivity index (χ0n) is 22.7. The third kappa shape index (κ3) is 7.80. The number of anilines is 1. The van der Waals surface area contributed by atoms with Crippen molar-refractivity contribution < 1.29 is 19.4 Å². The molecule has 4 aromatic rings. The van der Waals surface area contributed by atoms with Crippen molar-refractivity contribution in [2.75, 3.05) is 24.7 Å². The van der Waals surface area contributed by atoms with E-state index in [1.165, 1.54) is 5.39 Å². The molecule has 6 heteroatoms. The molecule has 204 valence electrons. The number of ether oxygens (including phenoxy) is 1. The Morgan fingerprint density at radius 1 is 0.821 bits per heavy atom. The fraction of sp³-hybridized carbons (Fsp3) is 0.333. The first-order valence-corrected chi connectivity index (χ1v) is 13.9. The van der Waals surface area contributed by atoms with Crippen molar-refractivity contribution >= 4 is 28.3 Å². The maximum Gasteiger partial charge on any atom is 0.258 e. The van der Waals surface area contributed by atoms with Crippen molar-refractivity contribution in [3.05, 3.63) is 84.6 Å². The first-order chi connectivity index (χ1) is 19.1. The smallest absolute Gasteiger partial charge is 0.258 e. The first kappa shape index (κ1) is 28.1. The Labute approximate surface area is 230 Å². The molecule has 0 unspecified atom stereocenters. The van der Waals surface area contributed by atoms with Crippen molar-refractivity contribution in [1.82, 2.24) is 4.98 Å². The molecule has 3 aromatic carbocycles. The molecule has 6 nitrogen and oxygen atoms in total. The van der Waals surface area contributed by atoms with Gasteiger partial charge in [-0.2, -0.15) is 0 Å². The minimum atomic E-state index is -0.0437. The highest BCUT2D eigenvalue weighted by molar-refractivity contribution is 6.06. The molecule has 2 N–H and O–H groups in total. The molecule has 0 bridgehead atoms. The number of carbonyl (C=O) groups excluding carboxylic acids is 2. The highest BCUT2D eigenvalue weighted by Crippen LogP contribution is 2.27. The third-order valence-electron chi connectivity index (χ3n) is 6.93. The van der Waals surface area contributed by atoms with Gasteiger partial charge in [0.25, 0.3) is 5.91 Å². The van der Waals surface area contributed by atoms with Gasteiger partial charge in [0.1, 0.15) is 11.5 Å². The van der Waals surface area contributed by atoms with Gasteiger partial charge in [-0.05, 0) is 91.2 Å². The standard InChI is InChI=1S/C33H38N2O4/c1-2-39-31-18-14-27(15-19-31)33(38)35(22-6-4-3-5-8-30(37)9-7-23-36)29-16-12-25(13-17-29)28-11-10-26-20-21-34-32(26)24-28/h10-21,24,34,36H,2-9,22-23H2,1H3. The number of benzene rings is 3. The van der Waals surface area contributed by atoms with Gasteiger partial charge >= 0.3 is 0 Å². The number of aliphatic hydroxyl groups is 1. The lowest BCUT2D eigenvalue weighted by Crippen LogP contribution is -2.32. The van der Waals surface area contributed by atoms with Gasteiger partial charge in [0.15, 0.2) is 0 Å². The Kier molecular flexibility index (Phi) is 10.3. The molecule has 1 aromatic heterocycles. The van der Waals surface area contributed by atoms with Crippen molar-refractivity contribution in [1.29, 1.82) is 0 Å². The van der Waals surface area contributed by atoms with Crippen molar-refractivity contribution in [2.45, 2.75) is 51.9 Å². The van der Waals surface area contributed by atoms with E-state index in [0.29, 0.717) is 38.0 Å². The molecule has 0 aliphatic heterocycles. The summed E-state index contributed by atoms with van der Waals surface area (Å²) in [7, 11) is 0. The van der Waals surface area contributed by atoms with Gasteiger partial charge < -0.3 is 19.7 Å². The van der Waals surface area contributed by atoms with Crippen LogP contribution in [0.3, 0.4) is 0 Å². The fourth-order valence-corrected chi connectivity index (χ4v) is 4.77. The maximum absolute atomic E-state index is 13.6. The van der Waals surface area contributed by atoms with E-state index >= 15 is 0 Å². The molecule has 0 saturated carbocycles. The summed E-state index contributed by atoms with van der Waals surface area (Å²) in [5.74, 6) is 0.919. The number of aromatic nitrogens is 1. The van der Waals surface area contributed by atoms with Gasteiger partial charge in [-0.3, -0.25) is 9.59 Å². The van der Waals surface area contributed by atoms with Crippen molar-refractivity contribution in [2.24, 2.45) is 0 Å². The molecule has 39 heavy (non-hydrogen) atoms. The number of unbranched alkanes of at least 4 members (excludes halogenated alkanes) is 3. The van der Waals surface area contributed by atoms with Crippen LogP contribution in [0.5, 0.6) is 5.75 Å². The number of aromatic amines is 1. The molecule has 0 fully saturated rings. The summed E-state index contributed by atoms with van der Waals surface area (Å²) < 4.78 is 5.54. The fourth-order valence-electron chi connectivity index (χ4n) is 4.77. The molecule has 1 amide bonds. The van der Waals surface area contributed by atoms with E-state index < -0.39 is 0 Å². The first-order valence-electron chi connectivity index (χ1n) is 13.9. The molecule has 4 rings (SSSR count). The Balaban J connectivity index is 1.44. The monoisotopic (exact) mass is 526 g/mol. The molecule has 1 heterocycles. The molecular weight excluding hydrogens is 488 g/mol. The minimum Gasteiger partial charge on any atom is -0.494 e. The number of nitrogens with zero attached hydrogens (tertiary/aromatic N) is 1. The molecule has 0 spiro atoms. The highest BCUT2D eigenvalue weighted by atomic mass is 16.5. The van der Waals surface area contributed by atoms with Crippen molar-refractivity contribution in [3.8, 4) is 16.9 Å². The second kappa shape index (κ2) is 14.3. The normalized spacial score (nSPS) is 11.0. The van der Waals surface area contributed by atoms with Gasteiger partial charge in [0.2, 0.25) is 0 Å². The number of hydrogen-bond acceptors (Lipinski definition) is 4. The zero-order valence-corrected chi connectivity index (χ0v) is 22.7. The number of rotatable bonds is 15. The summed E-state index contributed by atoms with van der Waals surface area (Å²) >= 11 is 0. The molecule has 0 aliphatic carbocycles. The van der Waals surface area contributed by atoms with Crippen LogP contribution >= 0.6 is 0 Å². The molecule has 0 radical (unpaired) electrons. The van der Waals surface area contributed by atoms with Gasteiger partial charge in [-0.25, -0.2) is 0 Å². The van der Waals surface area contributed by atoms with Crippen LogP contribution in [0, 0.1) is 0 Å². The number of fused-ring (bicyclic) bond motifs is 1. The summed E-state index contributed by atoms with van der Waals surface area (Å²) in [4.78, 5) is 30.6. The number of Topliss-reactive ketones (excluding diaryl/α,β-unsaturated/α-hetero) is 1. The summed E-state index contributed by atoms with van der Waals surface area (Å²) in [5, 5.41) is 10.1. The van der Waals surface area contributed by atoms with Gasteiger partial charge in [0.05, 0.1) is 6.61 Å². The zero-order chi connectivity index (χ0) is 27.5. The molecular formula is C33H38N2O4. The van der Waals surface area contributed by atoms with Crippen LogP contribution in [0.25, 0.3) is 22.0 Å². The predicted octanol–water partition coefficient (Wildman–Crippen LogP) is 7.17. The number of H-pyrrole nitrogens is 1. The van der Waals surface area contributed by atoms with Crippen LogP contribution < -0.4 is 9.64 Å². The topological polar surface area (TPSA) is 82.6 Å². The SMILES string of the molecule is CCOc1ccc(C(=O)N(CCCCCCC(=O)CCCO)c2ccc(-c3ccc4cc[nH]c4c3)cc2)cc1. The molecule has 0 atom stereocenters. The van der Waals surface area contributed by atoms with E-state index in [4.69, 9.17) is 9.84 Å². The number of amides is 1. The van der Waals surface area contributed by atoms with Gasteiger partial charge in [0, 0.05) is 49.0 Å². The Bertz CT molecular complexity index is 1340. The minimum absolute atomic E-state index is 0.0437.